The average molecular weight is 483 g/mol. The van der Waals surface area contributed by atoms with Crippen molar-refractivity contribution in [2.24, 2.45) is 10.1 Å². The van der Waals surface area contributed by atoms with Gasteiger partial charge in [0, 0.05) is 18.4 Å². The third-order valence-corrected chi connectivity index (χ3v) is 6.17. The minimum Gasteiger partial charge on any atom is -0.492 e. The molecule has 0 saturated heterocycles. The number of benzene rings is 2. The Kier molecular flexibility index (Phi) is 7.15. The summed E-state index contributed by atoms with van der Waals surface area (Å²) in [5.41, 5.74) is 1.10. The number of halogens is 2. The highest BCUT2D eigenvalue weighted by atomic mass is 35.5. The van der Waals surface area contributed by atoms with Gasteiger partial charge in [0.05, 0.1) is 31.0 Å². The maximum absolute atomic E-state index is 14.9. The molecule has 1 atom stereocenters. The van der Waals surface area contributed by atoms with Crippen LogP contribution in [-0.4, -0.2) is 40.0 Å². The van der Waals surface area contributed by atoms with Crippen LogP contribution in [0, 0.1) is 12.7 Å². The molecule has 11 heteroatoms. The first-order valence-electron chi connectivity index (χ1n) is 9.39. The van der Waals surface area contributed by atoms with Crippen LogP contribution in [0.1, 0.15) is 30.0 Å². The maximum Gasteiger partial charge on any atom is 0.358 e. The molecule has 0 saturated carbocycles. The zero-order chi connectivity index (χ0) is 23.5. The number of aryl methyl sites for hydroxylation is 1. The van der Waals surface area contributed by atoms with E-state index in [1.807, 2.05) is 6.92 Å². The van der Waals surface area contributed by atoms with Crippen molar-refractivity contribution in [3.8, 4) is 5.75 Å². The lowest BCUT2D eigenvalue weighted by atomic mass is 9.94. The second-order valence-electron chi connectivity index (χ2n) is 6.95. The van der Waals surface area contributed by atoms with E-state index in [4.69, 9.17) is 25.4 Å². The van der Waals surface area contributed by atoms with Crippen LogP contribution in [0.3, 0.4) is 0 Å². The molecule has 0 aromatic heterocycles. The monoisotopic (exact) mass is 482 g/mol. The summed E-state index contributed by atoms with van der Waals surface area (Å²) in [7, 11) is -1.73. The van der Waals surface area contributed by atoms with Crippen molar-refractivity contribution in [2.75, 3.05) is 14.2 Å². The summed E-state index contributed by atoms with van der Waals surface area (Å²) >= 11 is 5.95. The first-order chi connectivity index (χ1) is 15.2. The predicted octanol–water partition coefficient (Wildman–Crippen LogP) is 4.01. The number of hydrogen-bond acceptors (Lipinski definition) is 8. The molecule has 0 radical (unpaired) electrons. The Morgan fingerprint density at radius 1 is 1.19 bits per heavy atom. The molecule has 3 rings (SSSR count). The molecular weight excluding hydrogens is 463 g/mol. The maximum atomic E-state index is 14.9. The summed E-state index contributed by atoms with van der Waals surface area (Å²) in [4.78, 5) is 16.3. The van der Waals surface area contributed by atoms with Gasteiger partial charge in [-0.05, 0) is 25.1 Å². The van der Waals surface area contributed by atoms with Crippen LogP contribution in [0.15, 0.2) is 51.4 Å². The summed E-state index contributed by atoms with van der Waals surface area (Å²) < 4.78 is 54.4. The number of oxime groups is 1. The highest BCUT2D eigenvalue weighted by Gasteiger charge is 2.30. The largest absolute Gasteiger partial charge is 0.492 e. The average Bonchev–Trinajstić information content (AvgIpc) is 2.77. The Hall–Kier alpha value is -2.98. The summed E-state index contributed by atoms with van der Waals surface area (Å²) in [6, 6.07) is 7.99. The highest BCUT2D eigenvalue weighted by molar-refractivity contribution is 7.86. The molecule has 0 bridgehead atoms. The van der Waals surface area contributed by atoms with E-state index in [0.717, 1.165) is 5.56 Å². The third-order valence-electron chi connectivity index (χ3n) is 4.75. The number of nitrogens with zero attached hydrogens (tertiary/aromatic N) is 2. The third kappa shape index (κ3) is 5.08. The number of carbonyl (C=O) groups excluding carboxylic acids is 1. The minimum atomic E-state index is -4.18. The second kappa shape index (κ2) is 9.66. The molecule has 0 aliphatic carbocycles. The number of aliphatic imine (C=N–C) groups is 1. The Balaban J connectivity index is 1.94. The topological polar surface area (TPSA) is 104 Å². The number of rotatable bonds is 6. The fourth-order valence-corrected chi connectivity index (χ4v) is 4.08. The van der Waals surface area contributed by atoms with E-state index in [2.05, 4.69) is 10.1 Å². The SMILES string of the molecule is COC(=O)C1=NC(c2ccc(Cl)c(OC)c2F)CC(=NOS(=O)(=O)c2ccc(C)cc2)C1. The van der Waals surface area contributed by atoms with Crippen molar-refractivity contribution in [1.29, 1.82) is 0 Å². The van der Waals surface area contributed by atoms with E-state index in [9.17, 15) is 17.6 Å². The standard InChI is InChI=1S/C21H20ClFN2O6S/c1-12-4-6-14(7-5-12)32(27,28)31-25-13-10-17(24-18(11-13)21(26)30-3)15-8-9-16(22)20(29-2)19(15)23/h4-9,17H,10-11H2,1-3H3. The molecule has 32 heavy (non-hydrogen) atoms. The molecule has 0 fully saturated rings. The molecule has 0 spiro atoms. The zero-order valence-corrected chi connectivity index (χ0v) is 19.0. The number of ether oxygens (including phenoxy) is 2. The van der Waals surface area contributed by atoms with Gasteiger partial charge in [-0.3, -0.25) is 9.28 Å². The molecule has 0 N–H and O–H groups in total. The molecule has 1 aliphatic heterocycles. The summed E-state index contributed by atoms with van der Waals surface area (Å²) in [5.74, 6) is -1.65. The van der Waals surface area contributed by atoms with Crippen LogP contribution < -0.4 is 4.74 Å². The van der Waals surface area contributed by atoms with Gasteiger partial charge >= 0.3 is 16.1 Å². The van der Waals surface area contributed by atoms with E-state index >= 15 is 0 Å². The summed E-state index contributed by atoms with van der Waals surface area (Å²) in [5, 5.41) is 3.82. The molecule has 1 unspecified atom stereocenters. The molecule has 1 heterocycles. The number of esters is 1. The van der Waals surface area contributed by atoms with Gasteiger partial charge in [0.2, 0.25) is 0 Å². The van der Waals surface area contributed by atoms with Gasteiger partial charge < -0.3 is 9.47 Å². The summed E-state index contributed by atoms with van der Waals surface area (Å²) in [6.45, 7) is 1.82. The van der Waals surface area contributed by atoms with Gasteiger partial charge in [0.15, 0.2) is 11.6 Å². The predicted molar refractivity (Wildman–Crippen MR) is 116 cm³/mol. The molecule has 8 nitrogen and oxygen atoms in total. The molecule has 170 valence electrons. The van der Waals surface area contributed by atoms with Crippen molar-refractivity contribution in [1.82, 2.24) is 0 Å². The van der Waals surface area contributed by atoms with Crippen LogP contribution in [0.25, 0.3) is 0 Å². The molecule has 0 amide bonds. The Morgan fingerprint density at radius 2 is 1.88 bits per heavy atom. The van der Waals surface area contributed by atoms with Crippen molar-refractivity contribution >= 4 is 39.1 Å². The number of methoxy groups -OCH3 is 2. The van der Waals surface area contributed by atoms with Gasteiger partial charge in [0.1, 0.15) is 10.6 Å². The van der Waals surface area contributed by atoms with Crippen LogP contribution in [0.2, 0.25) is 5.02 Å². The van der Waals surface area contributed by atoms with Crippen molar-refractivity contribution < 1.29 is 31.4 Å². The van der Waals surface area contributed by atoms with E-state index < -0.39 is 27.9 Å². The number of hydrogen-bond donors (Lipinski definition) is 0. The fourth-order valence-electron chi connectivity index (χ4n) is 3.10. The Bertz CT molecular complexity index is 1200. The van der Waals surface area contributed by atoms with Crippen molar-refractivity contribution in [3.05, 3.63) is 58.4 Å². The van der Waals surface area contributed by atoms with E-state index in [0.29, 0.717) is 0 Å². The van der Waals surface area contributed by atoms with Gasteiger partial charge in [0.25, 0.3) is 0 Å². The second-order valence-corrected chi connectivity index (χ2v) is 8.88. The first-order valence-corrected chi connectivity index (χ1v) is 11.2. The van der Waals surface area contributed by atoms with Gasteiger partial charge in [-0.1, -0.05) is 40.5 Å². The van der Waals surface area contributed by atoms with Crippen LogP contribution in [0.4, 0.5) is 4.39 Å². The van der Waals surface area contributed by atoms with Crippen molar-refractivity contribution in [2.45, 2.75) is 30.7 Å². The van der Waals surface area contributed by atoms with Gasteiger partial charge in [-0.2, -0.15) is 8.42 Å². The lowest BCUT2D eigenvalue weighted by Crippen LogP contribution is -2.27. The quantitative estimate of drug-likeness (QED) is 0.455. The van der Waals surface area contributed by atoms with Crippen LogP contribution in [0.5, 0.6) is 5.75 Å². The number of carbonyl (C=O) groups is 1. The van der Waals surface area contributed by atoms with Gasteiger partial charge in [-0.15, -0.1) is 0 Å². The lowest BCUT2D eigenvalue weighted by Gasteiger charge is -2.22. The van der Waals surface area contributed by atoms with E-state index in [1.54, 1.807) is 12.1 Å². The van der Waals surface area contributed by atoms with Crippen molar-refractivity contribution in [3.63, 3.8) is 0 Å². The molecular formula is C21H20ClFN2O6S. The summed E-state index contributed by atoms with van der Waals surface area (Å²) in [6.07, 6.45) is -0.107. The fraction of sp³-hybridized carbons (Fsp3) is 0.286. The normalized spacial score (nSPS) is 17.6. The van der Waals surface area contributed by atoms with E-state index in [1.165, 1.54) is 38.5 Å². The van der Waals surface area contributed by atoms with Crippen LogP contribution in [-0.2, 0) is 23.9 Å². The smallest absolute Gasteiger partial charge is 0.358 e. The Morgan fingerprint density at radius 3 is 2.50 bits per heavy atom. The van der Waals surface area contributed by atoms with Gasteiger partial charge in [-0.25, -0.2) is 9.18 Å². The van der Waals surface area contributed by atoms with E-state index in [-0.39, 0.29) is 45.5 Å². The zero-order valence-electron chi connectivity index (χ0n) is 17.5. The first kappa shape index (κ1) is 23.7. The Labute approximate surface area is 189 Å². The molecule has 1 aliphatic rings. The molecule has 2 aromatic rings. The lowest BCUT2D eigenvalue weighted by molar-refractivity contribution is -0.132. The van der Waals surface area contributed by atoms with Crippen LogP contribution >= 0.6 is 11.6 Å². The minimum absolute atomic E-state index is 0.00557. The highest BCUT2D eigenvalue weighted by Crippen LogP contribution is 2.36. The molecule has 2 aromatic carbocycles.